The van der Waals surface area contributed by atoms with Crippen LogP contribution in [0.25, 0.3) is 22.0 Å². The van der Waals surface area contributed by atoms with Gasteiger partial charge in [0.25, 0.3) is 5.91 Å². The topological polar surface area (TPSA) is 54.5 Å². The van der Waals surface area contributed by atoms with E-state index in [-0.39, 0.29) is 5.91 Å². The number of fused-ring (bicyclic) bond motifs is 1. The van der Waals surface area contributed by atoms with Crippen LogP contribution in [-0.4, -0.2) is 30.0 Å². The smallest absolute Gasteiger partial charge is 0.255 e. The molecule has 33 heavy (non-hydrogen) atoms. The molecule has 4 aromatic rings. The van der Waals surface area contributed by atoms with Crippen LogP contribution in [-0.2, 0) is 4.74 Å². The largest absolute Gasteiger partial charge is 0.359 e. The lowest BCUT2D eigenvalue weighted by molar-refractivity contribution is 0.102. The van der Waals surface area contributed by atoms with Gasteiger partial charge in [-0.3, -0.25) is 14.1 Å². The minimum Gasteiger partial charge on any atom is -0.359 e. The van der Waals surface area contributed by atoms with Crippen molar-refractivity contribution in [3.05, 3.63) is 89.1 Å². The lowest BCUT2D eigenvalue weighted by atomic mass is 10.0. The number of anilines is 2. The summed E-state index contributed by atoms with van der Waals surface area (Å²) in [5.74, 6) is 0.756. The fourth-order valence-electron chi connectivity index (χ4n) is 3.92. The number of ether oxygens (including phenoxy) is 1. The van der Waals surface area contributed by atoms with E-state index < -0.39 is 0 Å². The van der Waals surface area contributed by atoms with Crippen molar-refractivity contribution >= 4 is 51.6 Å². The highest BCUT2D eigenvalue weighted by Crippen LogP contribution is 2.34. The standard InChI is InChI=1S/C26H22ClN3O2S/c1-17-14-20(30-16-32-12-13-33-30)7-8-21(17)26(31)29-19-6-9-24(27)23(15-19)25-22-5-3-2-4-18(22)10-11-28-25/h2-11,14-15H,12-13,16H2,1H3,(H,29,31). The summed E-state index contributed by atoms with van der Waals surface area (Å²) in [6.07, 6.45) is 1.77. The van der Waals surface area contributed by atoms with Crippen LogP contribution < -0.4 is 9.62 Å². The zero-order valence-corrected chi connectivity index (χ0v) is 19.6. The lowest BCUT2D eigenvalue weighted by Gasteiger charge is -2.27. The maximum absolute atomic E-state index is 13.1. The number of aryl methyl sites for hydroxylation is 1. The number of hydrogen-bond acceptors (Lipinski definition) is 5. The molecule has 1 aliphatic heterocycles. The Hall–Kier alpha value is -3.06. The van der Waals surface area contributed by atoms with Crippen molar-refractivity contribution in [2.75, 3.05) is 28.7 Å². The highest BCUT2D eigenvalue weighted by atomic mass is 35.5. The van der Waals surface area contributed by atoms with E-state index in [1.54, 1.807) is 30.3 Å². The molecular weight excluding hydrogens is 454 g/mol. The fraction of sp³-hybridized carbons (Fsp3) is 0.154. The molecule has 0 bridgehead atoms. The van der Waals surface area contributed by atoms with Gasteiger partial charge in [0.15, 0.2) is 0 Å². The van der Waals surface area contributed by atoms with E-state index in [9.17, 15) is 4.79 Å². The summed E-state index contributed by atoms with van der Waals surface area (Å²) in [6, 6.07) is 21.3. The van der Waals surface area contributed by atoms with Gasteiger partial charge in [0.2, 0.25) is 0 Å². The second-order valence-corrected chi connectivity index (χ2v) is 9.29. The number of pyridine rings is 1. The Morgan fingerprint density at radius 3 is 2.82 bits per heavy atom. The molecule has 0 saturated carbocycles. The number of rotatable bonds is 4. The molecule has 2 heterocycles. The van der Waals surface area contributed by atoms with Gasteiger partial charge in [-0.15, -0.1) is 0 Å². The van der Waals surface area contributed by atoms with Gasteiger partial charge in [-0.1, -0.05) is 35.9 Å². The van der Waals surface area contributed by atoms with Crippen molar-refractivity contribution in [3.8, 4) is 11.3 Å². The number of nitrogens with zero attached hydrogens (tertiary/aromatic N) is 2. The molecule has 1 fully saturated rings. The predicted molar refractivity (Wildman–Crippen MR) is 137 cm³/mol. The molecule has 166 valence electrons. The average molecular weight is 476 g/mol. The second-order valence-electron chi connectivity index (χ2n) is 7.78. The van der Waals surface area contributed by atoms with E-state index in [1.807, 2.05) is 61.5 Å². The number of amides is 1. The zero-order valence-electron chi connectivity index (χ0n) is 18.0. The van der Waals surface area contributed by atoms with E-state index in [0.29, 0.717) is 23.0 Å². The molecule has 0 spiro atoms. The number of aromatic nitrogens is 1. The molecule has 1 amide bonds. The molecule has 3 aromatic carbocycles. The molecule has 0 radical (unpaired) electrons. The first-order valence-electron chi connectivity index (χ1n) is 10.6. The van der Waals surface area contributed by atoms with Crippen LogP contribution in [0.4, 0.5) is 11.4 Å². The normalized spacial score (nSPS) is 13.8. The molecule has 1 aliphatic rings. The number of nitrogens with one attached hydrogen (secondary N) is 1. The fourth-order valence-corrected chi connectivity index (χ4v) is 4.95. The lowest BCUT2D eigenvalue weighted by Crippen LogP contribution is -2.26. The third kappa shape index (κ3) is 4.55. The SMILES string of the molecule is Cc1cc(N2COCCS2)ccc1C(=O)Nc1ccc(Cl)c(-c2nccc3ccccc23)c1. The van der Waals surface area contributed by atoms with Crippen molar-refractivity contribution in [1.29, 1.82) is 0 Å². The van der Waals surface area contributed by atoms with E-state index >= 15 is 0 Å². The van der Waals surface area contributed by atoms with Crippen LogP contribution in [0.3, 0.4) is 0 Å². The molecule has 0 aliphatic carbocycles. The van der Waals surface area contributed by atoms with Crippen LogP contribution >= 0.6 is 23.5 Å². The number of carbonyl (C=O) groups excluding carboxylic acids is 1. The number of hydrogen-bond donors (Lipinski definition) is 1. The summed E-state index contributed by atoms with van der Waals surface area (Å²) in [5, 5.41) is 5.69. The molecule has 5 nitrogen and oxygen atoms in total. The third-order valence-corrected chi connectivity index (χ3v) is 6.89. The van der Waals surface area contributed by atoms with Gasteiger partial charge < -0.3 is 10.1 Å². The van der Waals surface area contributed by atoms with Crippen LogP contribution in [0.1, 0.15) is 15.9 Å². The summed E-state index contributed by atoms with van der Waals surface area (Å²) in [4.78, 5) is 17.6. The summed E-state index contributed by atoms with van der Waals surface area (Å²) in [6.45, 7) is 3.25. The Labute approximate surface area is 201 Å². The molecule has 0 unspecified atom stereocenters. The third-order valence-electron chi connectivity index (χ3n) is 5.58. The van der Waals surface area contributed by atoms with Crippen molar-refractivity contribution in [2.24, 2.45) is 0 Å². The molecule has 1 saturated heterocycles. The average Bonchev–Trinajstić information content (AvgIpc) is 2.85. The summed E-state index contributed by atoms with van der Waals surface area (Å²) < 4.78 is 7.63. The van der Waals surface area contributed by atoms with Gasteiger partial charge >= 0.3 is 0 Å². The van der Waals surface area contributed by atoms with Gasteiger partial charge in [-0.2, -0.15) is 0 Å². The molecule has 0 atom stereocenters. The maximum atomic E-state index is 13.1. The van der Waals surface area contributed by atoms with Crippen molar-refractivity contribution in [3.63, 3.8) is 0 Å². The minimum atomic E-state index is -0.166. The van der Waals surface area contributed by atoms with Gasteiger partial charge in [0, 0.05) is 39.8 Å². The Balaban J connectivity index is 1.41. The van der Waals surface area contributed by atoms with Gasteiger partial charge in [-0.05, 0) is 72.3 Å². The monoisotopic (exact) mass is 475 g/mol. The van der Waals surface area contributed by atoms with Crippen LogP contribution in [0.5, 0.6) is 0 Å². The molecule has 5 rings (SSSR count). The summed E-state index contributed by atoms with van der Waals surface area (Å²) in [7, 11) is 0. The Bertz CT molecular complexity index is 1330. The molecule has 1 N–H and O–H groups in total. The Kier molecular flexibility index (Phi) is 6.22. The van der Waals surface area contributed by atoms with Crippen LogP contribution in [0, 0.1) is 6.92 Å². The molecule has 1 aromatic heterocycles. The first kappa shape index (κ1) is 21.8. The van der Waals surface area contributed by atoms with Gasteiger partial charge in [0.05, 0.1) is 17.3 Å². The van der Waals surface area contributed by atoms with Crippen molar-refractivity contribution < 1.29 is 9.53 Å². The predicted octanol–water partition coefficient (Wildman–Crippen LogP) is 6.56. The first-order chi connectivity index (χ1) is 16.1. The molecular formula is C26H22ClN3O2S. The first-order valence-corrected chi connectivity index (χ1v) is 12.0. The highest BCUT2D eigenvalue weighted by molar-refractivity contribution is 8.00. The van der Waals surface area contributed by atoms with E-state index in [4.69, 9.17) is 16.3 Å². The second kappa shape index (κ2) is 9.43. The summed E-state index contributed by atoms with van der Waals surface area (Å²) in [5.41, 5.74) is 4.79. The van der Waals surface area contributed by atoms with Crippen LogP contribution in [0.2, 0.25) is 5.02 Å². The Morgan fingerprint density at radius 2 is 2.00 bits per heavy atom. The number of benzene rings is 3. The number of halogens is 1. The quantitative estimate of drug-likeness (QED) is 0.339. The van der Waals surface area contributed by atoms with E-state index in [0.717, 1.165) is 45.6 Å². The van der Waals surface area contributed by atoms with E-state index in [2.05, 4.69) is 14.6 Å². The van der Waals surface area contributed by atoms with Crippen molar-refractivity contribution in [1.82, 2.24) is 4.98 Å². The van der Waals surface area contributed by atoms with Crippen molar-refractivity contribution in [2.45, 2.75) is 6.92 Å². The highest BCUT2D eigenvalue weighted by Gasteiger charge is 2.17. The van der Waals surface area contributed by atoms with E-state index in [1.165, 1.54) is 0 Å². The van der Waals surface area contributed by atoms with Gasteiger partial charge in [-0.25, -0.2) is 0 Å². The zero-order chi connectivity index (χ0) is 22.8. The van der Waals surface area contributed by atoms with Crippen LogP contribution in [0.15, 0.2) is 72.9 Å². The summed E-state index contributed by atoms with van der Waals surface area (Å²) >= 11 is 8.26. The molecule has 7 heteroatoms. The minimum absolute atomic E-state index is 0.166. The number of carbonyl (C=O) groups is 1. The maximum Gasteiger partial charge on any atom is 0.255 e. The van der Waals surface area contributed by atoms with Gasteiger partial charge in [0.1, 0.15) is 6.73 Å². The Morgan fingerprint density at radius 1 is 1.12 bits per heavy atom.